The molecule has 0 aromatic heterocycles. The largest absolute Gasteiger partial charge is 0.377 e. The predicted molar refractivity (Wildman–Crippen MR) is 82.7 cm³/mol. The van der Waals surface area contributed by atoms with E-state index in [0.717, 1.165) is 26.0 Å². The fourth-order valence-electron chi connectivity index (χ4n) is 2.47. The van der Waals surface area contributed by atoms with Gasteiger partial charge in [-0.05, 0) is 38.8 Å². The quantitative estimate of drug-likeness (QED) is 0.733. The molecular weight excluding hydrogens is 234 g/mol. The minimum absolute atomic E-state index is 0.316. The van der Waals surface area contributed by atoms with Gasteiger partial charge in [0.25, 0.3) is 0 Å². The number of rotatable bonds is 9. The van der Waals surface area contributed by atoms with Crippen molar-refractivity contribution in [2.24, 2.45) is 0 Å². The van der Waals surface area contributed by atoms with E-state index in [1.807, 2.05) is 0 Å². The zero-order valence-corrected chi connectivity index (χ0v) is 12.9. The zero-order chi connectivity index (χ0) is 14.1. The molecule has 2 nitrogen and oxygen atoms in total. The molecule has 2 atom stereocenters. The Labute approximate surface area is 118 Å². The van der Waals surface area contributed by atoms with Crippen LogP contribution in [0.5, 0.6) is 0 Å². The Morgan fingerprint density at radius 3 is 2.32 bits per heavy atom. The number of aryl methyl sites for hydroxylation is 1. The van der Waals surface area contributed by atoms with Crippen molar-refractivity contribution < 1.29 is 4.74 Å². The van der Waals surface area contributed by atoms with Crippen molar-refractivity contribution in [2.45, 2.75) is 59.1 Å². The van der Waals surface area contributed by atoms with Crippen LogP contribution in [0, 0.1) is 6.92 Å². The van der Waals surface area contributed by atoms with Crippen LogP contribution in [0.2, 0.25) is 0 Å². The maximum Gasteiger partial charge on any atom is 0.0731 e. The Kier molecular flexibility index (Phi) is 7.76. The number of ether oxygens (including phenoxy) is 1. The van der Waals surface area contributed by atoms with Gasteiger partial charge >= 0.3 is 0 Å². The maximum atomic E-state index is 5.93. The van der Waals surface area contributed by atoms with Crippen LogP contribution in [0.1, 0.15) is 44.7 Å². The van der Waals surface area contributed by atoms with Crippen molar-refractivity contribution in [3.8, 4) is 0 Å². The molecule has 0 aliphatic rings. The number of benzene rings is 1. The van der Waals surface area contributed by atoms with Crippen molar-refractivity contribution >= 4 is 0 Å². The van der Waals surface area contributed by atoms with E-state index in [1.165, 1.54) is 17.5 Å². The third-order valence-electron chi connectivity index (χ3n) is 3.45. The van der Waals surface area contributed by atoms with Crippen molar-refractivity contribution in [3.05, 3.63) is 35.4 Å². The van der Waals surface area contributed by atoms with E-state index < -0.39 is 0 Å². The Bertz CT molecular complexity index is 328. The van der Waals surface area contributed by atoms with Gasteiger partial charge in [0.2, 0.25) is 0 Å². The van der Waals surface area contributed by atoms with E-state index in [0.29, 0.717) is 12.1 Å². The summed E-state index contributed by atoms with van der Waals surface area (Å²) in [6.07, 6.45) is 3.65. The molecule has 19 heavy (non-hydrogen) atoms. The Hall–Kier alpha value is -0.860. The van der Waals surface area contributed by atoms with Gasteiger partial charge in [-0.15, -0.1) is 0 Å². The van der Waals surface area contributed by atoms with Crippen LogP contribution < -0.4 is 5.32 Å². The van der Waals surface area contributed by atoms with Gasteiger partial charge in [-0.3, -0.25) is 0 Å². The van der Waals surface area contributed by atoms with Gasteiger partial charge in [0.15, 0.2) is 0 Å². The van der Waals surface area contributed by atoms with Crippen molar-refractivity contribution in [3.63, 3.8) is 0 Å². The third-order valence-corrected chi connectivity index (χ3v) is 3.45. The van der Waals surface area contributed by atoms with Gasteiger partial charge in [0.1, 0.15) is 0 Å². The van der Waals surface area contributed by atoms with Gasteiger partial charge in [0.05, 0.1) is 6.10 Å². The van der Waals surface area contributed by atoms with Crippen LogP contribution >= 0.6 is 0 Å². The normalized spacial score (nSPS) is 14.3. The van der Waals surface area contributed by atoms with Crippen LogP contribution in [0.15, 0.2) is 24.3 Å². The molecule has 0 fully saturated rings. The van der Waals surface area contributed by atoms with Crippen LogP contribution in [0.3, 0.4) is 0 Å². The molecule has 0 spiro atoms. The first-order valence-electron chi connectivity index (χ1n) is 7.61. The minimum atomic E-state index is 0.316. The summed E-state index contributed by atoms with van der Waals surface area (Å²) in [5.74, 6) is 0. The molecule has 0 bridgehead atoms. The summed E-state index contributed by atoms with van der Waals surface area (Å²) >= 11 is 0. The van der Waals surface area contributed by atoms with E-state index in [9.17, 15) is 0 Å². The molecular formula is C17H29NO. The molecule has 1 N–H and O–H groups in total. The lowest BCUT2D eigenvalue weighted by atomic mass is 9.97. The summed E-state index contributed by atoms with van der Waals surface area (Å²) in [6.45, 7) is 10.4. The second-order valence-corrected chi connectivity index (χ2v) is 5.14. The molecule has 2 unspecified atom stereocenters. The highest BCUT2D eigenvalue weighted by Gasteiger charge is 2.20. The van der Waals surface area contributed by atoms with Crippen LogP contribution in [0.25, 0.3) is 0 Å². The summed E-state index contributed by atoms with van der Waals surface area (Å²) in [5, 5.41) is 3.59. The lowest BCUT2D eigenvalue weighted by Gasteiger charge is -2.27. The summed E-state index contributed by atoms with van der Waals surface area (Å²) in [7, 11) is 0. The van der Waals surface area contributed by atoms with Gasteiger partial charge in [-0.2, -0.15) is 0 Å². The maximum absolute atomic E-state index is 5.93. The van der Waals surface area contributed by atoms with Gasteiger partial charge in [-0.1, -0.05) is 50.1 Å². The summed E-state index contributed by atoms with van der Waals surface area (Å²) in [4.78, 5) is 0. The average molecular weight is 263 g/mol. The van der Waals surface area contributed by atoms with Crippen molar-refractivity contribution in [2.75, 3.05) is 13.2 Å². The second-order valence-electron chi connectivity index (χ2n) is 5.14. The number of likely N-dealkylation sites (N-methyl/N-ethyl adjacent to an activating group) is 1. The Morgan fingerprint density at radius 2 is 1.79 bits per heavy atom. The molecule has 0 radical (unpaired) electrons. The molecule has 108 valence electrons. The highest BCUT2D eigenvalue weighted by Crippen LogP contribution is 2.14. The summed E-state index contributed by atoms with van der Waals surface area (Å²) in [6, 6.07) is 9.25. The molecule has 0 aliphatic heterocycles. The molecule has 0 heterocycles. The Balaban J connectivity index is 2.71. The molecule has 1 aromatic rings. The standard InChI is InChI=1S/C17H29NO/c1-5-8-17(19-7-3)16(18-6-2)13-15-11-9-14(4)10-12-15/h9-12,16-18H,5-8,13H2,1-4H3. The smallest absolute Gasteiger partial charge is 0.0731 e. The lowest BCUT2D eigenvalue weighted by Crippen LogP contribution is -2.43. The van der Waals surface area contributed by atoms with E-state index in [4.69, 9.17) is 4.74 Å². The molecule has 1 aromatic carbocycles. The summed E-state index contributed by atoms with van der Waals surface area (Å²) < 4.78 is 5.93. The second kappa shape index (κ2) is 9.11. The van der Waals surface area contributed by atoms with E-state index in [2.05, 4.69) is 57.3 Å². The predicted octanol–water partition coefficient (Wildman–Crippen LogP) is 3.72. The molecule has 2 heteroatoms. The van der Waals surface area contributed by atoms with Crippen LogP contribution in [-0.4, -0.2) is 25.3 Å². The van der Waals surface area contributed by atoms with Gasteiger partial charge in [0, 0.05) is 12.6 Å². The first-order chi connectivity index (χ1) is 9.21. The topological polar surface area (TPSA) is 21.3 Å². The lowest BCUT2D eigenvalue weighted by molar-refractivity contribution is 0.0285. The highest BCUT2D eigenvalue weighted by molar-refractivity contribution is 5.22. The first kappa shape index (κ1) is 16.2. The number of nitrogens with one attached hydrogen (secondary N) is 1. The number of hydrogen-bond acceptors (Lipinski definition) is 2. The molecule has 0 saturated carbocycles. The highest BCUT2D eigenvalue weighted by atomic mass is 16.5. The first-order valence-corrected chi connectivity index (χ1v) is 7.61. The zero-order valence-electron chi connectivity index (χ0n) is 12.9. The van der Waals surface area contributed by atoms with Crippen LogP contribution in [-0.2, 0) is 11.2 Å². The summed E-state index contributed by atoms with van der Waals surface area (Å²) in [5.41, 5.74) is 2.70. The molecule has 0 amide bonds. The molecule has 0 saturated heterocycles. The fraction of sp³-hybridized carbons (Fsp3) is 0.647. The van der Waals surface area contributed by atoms with E-state index >= 15 is 0 Å². The number of hydrogen-bond donors (Lipinski definition) is 1. The molecule has 0 aliphatic carbocycles. The average Bonchev–Trinajstić information content (AvgIpc) is 2.40. The van der Waals surface area contributed by atoms with E-state index in [-0.39, 0.29) is 0 Å². The fourth-order valence-corrected chi connectivity index (χ4v) is 2.47. The van der Waals surface area contributed by atoms with Crippen molar-refractivity contribution in [1.82, 2.24) is 5.32 Å². The van der Waals surface area contributed by atoms with Gasteiger partial charge < -0.3 is 10.1 Å². The third kappa shape index (κ3) is 5.75. The SMILES string of the molecule is CCCC(OCC)C(Cc1ccc(C)cc1)NCC. The monoisotopic (exact) mass is 263 g/mol. The van der Waals surface area contributed by atoms with Gasteiger partial charge in [-0.25, -0.2) is 0 Å². The Morgan fingerprint density at radius 1 is 1.11 bits per heavy atom. The van der Waals surface area contributed by atoms with Crippen LogP contribution in [0.4, 0.5) is 0 Å². The minimum Gasteiger partial charge on any atom is -0.377 e. The van der Waals surface area contributed by atoms with E-state index in [1.54, 1.807) is 0 Å². The van der Waals surface area contributed by atoms with Crippen molar-refractivity contribution in [1.29, 1.82) is 0 Å². The molecule has 1 rings (SSSR count).